The number of hydrogen-bond donors (Lipinski definition) is 2. The lowest BCUT2D eigenvalue weighted by Crippen LogP contribution is -2.18. The van der Waals surface area contributed by atoms with Crippen molar-refractivity contribution in [2.75, 3.05) is 5.73 Å². The molecule has 0 aliphatic carbocycles. The number of hydrazone groups is 1. The lowest BCUT2D eigenvalue weighted by molar-refractivity contribution is 0.140. The predicted molar refractivity (Wildman–Crippen MR) is 78.2 cm³/mol. The highest BCUT2D eigenvalue weighted by Crippen LogP contribution is 2.03. The fourth-order valence-corrected chi connectivity index (χ4v) is 1.50. The Morgan fingerprint density at radius 3 is 2.55 bits per heavy atom. The van der Waals surface area contributed by atoms with Crippen LogP contribution in [0, 0.1) is 0 Å². The van der Waals surface area contributed by atoms with E-state index in [0.29, 0.717) is 5.69 Å². The van der Waals surface area contributed by atoms with Gasteiger partial charge in [0.25, 0.3) is 0 Å². The van der Waals surface area contributed by atoms with E-state index in [1.807, 2.05) is 30.3 Å². The van der Waals surface area contributed by atoms with E-state index in [0.717, 1.165) is 11.1 Å². The zero-order valence-electron chi connectivity index (χ0n) is 10.8. The second-order valence-electron chi connectivity index (χ2n) is 4.10. The Hall–Kier alpha value is -2.82. The van der Waals surface area contributed by atoms with Gasteiger partial charge in [-0.05, 0) is 23.3 Å². The van der Waals surface area contributed by atoms with Crippen molar-refractivity contribution in [2.45, 2.75) is 6.61 Å². The topological polar surface area (TPSA) is 76.7 Å². The van der Waals surface area contributed by atoms with Gasteiger partial charge in [-0.15, -0.1) is 0 Å². The van der Waals surface area contributed by atoms with E-state index in [4.69, 9.17) is 10.5 Å². The number of anilines is 1. The molecule has 0 radical (unpaired) electrons. The van der Waals surface area contributed by atoms with E-state index >= 15 is 0 Å². The van der Waals surface area contributed by atoms with Crippen molar-refractivity contribution in [3.05, 3.63) is 65.7 Å². The van der Waals surface area contributed by atoms with Gasteiger partial charge in [-0.3, -0.25) is 0 Å². The third kappa shape index (κ3) is 4.45. The molecule has 0 bridgehead atoms. The molecule has 5 heteroatoms. The minimum atomic E-state index is -0.597. The first kappa shape index (κ1) is 13.6. The molecular weight excluding hydrogens is 254 g/mol. The minimum absolute atomic E-state index is 0.212. The third-order valence-electron chi connectivity index (χ3n) is 2.52. The Kier molecular flexibility index (Phi) is 4.72. The summed E-state index contributed by atoms with van der Waals surface area (Å²) in [5, 5.41) is 3.79. The number of carbonyl (C=O) groups excluding carboxylic acids is 1. The number of benzene rings is 2. The van der Waals surface area contributed by atoms with Crippen LogP contribution in [0.25, 0.3) is 0 Å². The average molecular weight is 269 g/mol. The first-order chi connectivity index (χ1) is 9.74. The molecule has 2 aromatic rings. The average Bonchev–Trinajstić information content (AvgIpc) is 2.48. The maximum atomic E-state index is 11.4. The molecule has 0 fully saturated rings. The summed E-state index contributed by atoms with van der Waals surface area (Å²) < 4.78 is 5.00. The molecule has 2 rings (SSSR count). The Morgan fingerprint density at radius 2 is 1.85 bits per heavy atom. The Labute approximate surface area is 117 Å². The second-order valence-corrected chi connectivity index (χ2v) is 4.10. The molecule has 0 aromatic heterocycles. The summed E-state index contributed by atoms with van der Waals surface area (Å²) >= 11 is 0. The maximum Gasteiger partial charge on any atom is 0.428 e. The number of nitrogens with two attached hydrogens (primary N) is 1. The minimum Gasteiger partial charge on any atom is -0.443 e. The molecule has 0 aliphatic rings. The number of ether oxygens (including phenoxy) is 1. The highest BCUT2D eigenvalue weighted by molar-refractivity contribution is 5.81. The lowest BCUT2D eigenvalue weighted by atomic mass is 10.2. The second kappa shape index (κ2) is 6.94. The van der Waals surface area contributed by atoms with Crippen LogP contribution in [0.3, 0.4) is 0 Å². The van der Waals surface area contributed by atoms with Crippen molar-refractivity contribution in [1.82, 2.24) is 5.43 Å². The molecule has 0 atom stereocenters. The van der Waals surface area contributed by atoms with Crippen LogP contribution >= 0.6 is 0 Å². The smallest absolute Gasteiger partial charge is 0.428 e. The molecule has 2 aromatic carbocycles. The summed E-state index contributed by atoms with van der Waals surface area (Å²) in [5.74, 6) is 0. The SMILES string of the molecule is Nc1ccc(/C=N/NC(=O)OCc2ccccc2)cc1. The molecule has 0 spiro atoms. The summed E-state index contributed by atoms with van der Waals surface area (Å²) in [5.41, 5.74) is 10.3. The first-order valence-corrected chi connectivity index (χ1v) is 6.09. The van der Waals surface area contributed by atoms with E-state index in [1.54, 1.807) is 24.3 Å². The highest BCUT2D eigenvalue weighted by Gasteiger charge is 1.99. The van der Waals surface area contributed by atoms with Gasteiger partial charge >= 0.3 is 6.09 Å². The van der Waals surface area contributed by atoms with Gasteiger partial charge in [0.05, 0.1) is 6.21 Å². The van der Waals surface area contributed by atoms with Gasteiger partial charge in [0.15, 0.2) is 0 Å². The molecule has 3 N–H and O–H groups in total. The van der Waals surface area contributed by atoms with E-state index in [1.165, 1.54) is 6.21 Å². The van der Waals surface area contributed by atoms with Crippen LogP contribution in [-0.4, -0.2) is 12.3 Å². The Balaban J connectivity index is 1.76. The van der Waals surface area contributed by atoms with E-state index in [-0.39, 0.29) is 6.61 Å². The number of rotatable bonds is 4. The van der Waals surface area contributed by atoms with Crippen LogP contribution in [-0.2, 0) is 11.3 Å². The molecule has 20 heavy (non-hydrogen) atoms. The predicted octanol–water partition coefficient (Wildman–Crippen LogP) is 2.53. The van der Waals surface area contributed by atoms with Gasteiger partial charge < -0.3 is 10.5 Å². The maximum absolute atomic E-state index is 11.4. The lowest BCUT2D eigenvalue weighted by Gasteiger charge is -2.03. The van der Waals surface area contributed by atoms with E-state index < -0.39 is 6.09 Å². The highest BCUT2D eigenvalue weighted by atomic mass is 16.5. The number of nitrogens with zero attached hydrogens (tertiary/aromatic N) is 1. The molecule has 0 unspecified atom stereocenters. The number of nitrogens with one attached hydrogen (secondary N) is 1. The van der Waals surface area contributed by atoms with Gasteiger partial charge in [-0.1, -0.05) is 42.5 Å². The van der Waals surface area contributed by atoms with Crippen molar-refractivity contribution in [2.24, 2.45) is 5.10 Å². The van der Waals surface area contributed by atoms with Crippen molar-refractivity contribution in [3.8, 4) is 0 Å². The van der Waals surface area contributed by atoms with Crippen LogP contribution in [0.2, 0.25) is 0 Å². The Bertz CT molecular complexity index is 580. The number of hydrogen-bond acceptors (Lipinski definition) is 4. The summed E-state index contributed by atoms with van der Waals surface area (Å²) in [6.07, 6.45) is 0.920. The van der Waals surface area contributed by atoms with E-state index in [2.05, 4.69) is 10.5 Å². The number of amides is 1. The fourth-order valence-electron chi connectivity index (χ4n) is 1.50. The van der Waals surface area contributed by atoms with Gasteiger partial charge in [-0.2, -0.15) is 5.10 Å². The molecule has 0 saturated heterocycles. The summed E-state index contributed by atoms with van der Waals surface area (Å²) in [4.78, 5) is 11.4. The normalized spacial score (nSPS) is 10.4. The third-order valence-corrected chi connectivity index (χ3v) is 2.52. The zero-order valence-corrected chi connectivity index (χ0v) is 10.8. The largest absolute Gasteiger partial charge is 0.443 e. The van der Waals surface area contributed by atoms with Gasteiger partial charge in [-0.25, -0.2) is 10.2 Å². The molecular formula is C15H15N3O2. The fraction of sp³-hybridized carbons (Fsp3) is 0.0667. The van der Waals surface area contributed by atoms with Gasteiger partial charge in [0.1, 0.15) is 6.61 Å². The Morgan fingerprint density at radius 1 is 1.15 bits per heavy atom. The first-order valence-electron chi connectivity index (χ1n) is 6.09. The van der Waals surface area contributed by atoms with Crippen LogP contribution in [0.4, 0.5) is 10.5 Å². The van der Waals surface area contributed by atoms with Crippen molar-refractivity contribution in [3.63, 3.8) is 0 Å². The van der Waals surface area contributed by atoms with E-state index in [9.17, 15) is 4.79 Å². The molecule has 102 valence electrons. The number of carbonyl (C=O) groups is 1. The standard InChI is InChI=1S/C15H15N3O2/c16-14-8-6-12(7-9-14)10-17-18-15(19)20-11-13-4-2-1-3-5-13/h1-10H,11,16H2,(H,18,19)/b17-10+. The molecule has 1 amide bonds. The zero-order chi connectivity index (χ0) is 14.2. The van der Waals surface area contributed by atoms with Crippen LogP contribution in [0.15, 0.2) is 59.7 Å². The quantitative estimate of drug-likeness (QED) is 0.508. The van der Waals surface area contributed by atoms with Crippen molar-refractivity contribution < 1.29 is 9.53 Å². The number of nitrogen functional groups attached to an aromatic ring is 1. The van der Waals surface area contributed by atoms with Crippen molar-refractivity contribution in [1.29, 1.82) is 0 Å². The molecule has 0 saturated carbocycles. The van der Waals surface area contributed by atoms with Gasteiger partial charge in [0.2, 0.25) is 0 Å². The van der Waals surface area contributed by atoms with Crippen LogP contribution in [0.5, 0.6) is 0 Å². The van der Waals surface area contributed by atoms with Gasteiger partial charge in [0, 0.05) is 5.69 Å². The molecule has 0 aliphatic heterocycles. The monoisotopic (exact) mass is 269 g/mol. The van der Waals surface area contributed by atoms with Crippen molar-refractivity contribution >= 4 is 18.0 Å². The summed E-state index contributed by atoms with van der Waals surface area (Å²) in [7, 11) is 0. The summed E-state index contributed by atoms with van der Waals surface area (Å²) in [6, 6.07) is 16.6. The molecule has 5 nitrogen and oxygen atoms in total. The molecule has 0 heterocycles. The van der Waals surface area contributed by atoms with Crippen LogP contribution < -0.4 is 11.2 Å². The van der Waals surface area contributed by atoms with Crippen LogP contribution in [0.1, 0.15) is 11.1 Å². The summed E-state index contributed by atoms with van der Waals surface area (Å²) in [6.45, 7) is 0.212.